The first kappa shape index (κ1) is 15.3. The lowest BCUT2D eigenvalue weighted by molar-refractivity contribution is 0.222. The number of ether oxygens (including phenoxy) is 1. The highest BCUT2D eigenvalue weighted by Crippen LogP contribution is 2.25. The van der Waals surface area contributed by atoms with E-state index >= 15 is 0 Å². The third kappa shape index (κ3) is 3.89. The average Bonchev–Trinajstić information content (AvgIpc) is 2.82. The molecule has 0 atom stereocenters. The summed E-state index contributed by atoms with van der Waals surface area (Å²) in [5.41, 5.74) is 3.01. The lowest BCUT2D eigenvalue weighted by Crippen LogP contribution is -2.27. The molecule has 0 aromatic heterocycles. The topological polar surface area (TPSA) is 12.5 Å². The number of nitrogens with zero attached hydrogens (tertiary/aromatic N) is 1. The molecule has 18 heavy (non-hydrogen) atoms. The highest BCUT2D eigenvalue weighted by molar-refractivity contribution is 5.85. The van der Waals surface area contributed by atoms with Gasteiger partial charge >= 0.3 is 0 Å². The van der Waals surface area contributed by atoms with Gasteiger partial charge in [0.15, 0.2) is 0 Å². The summed E-state index contributed by atoms with van der Waals surface area (Å²) in [5.74, 6) is 1.04. The molecule has 1 aromatic carbocycles. The highest BCUT2D eigenvalue weighted by atomic mass is 35.5. The van der Waals surface area contributed by atoms with Gasteiger partial charge in [-0.05, 0) is 55.6 Å². The molecule has 0 N–H and O–H groups in total. The first-order valence-corrected chi connectivity index (χ1v) is 6.80. The van der Waals surface area contributed by atoms with Gasteiger partial charge in [-0.3, -0.25) is 0 Å². The summed E-state index contributed by atoms with van der Waals surface area (Å²) < 4.78 is 5.82. The van der Waals surface area contributed by atoms with Crippen LogP contribution < -0.4 is 4.74 Å². The van der Waals surface area contributed by atoms with Crippen LogP contribution in [-0.2, 0) is 12.8 Å². The Morgan fingerprint density at radius 3 is 2.56 bits per heavy atom. The summed E-state index contributed by atoms with van der Waals surface area (Å²) >= 11 is 0. The molecular formula is C15H24ClNO. The number of benzene rings is 1. The second-order valence-electron chi connectivity index (χ2n) is 4.66. The summed E-state index contributed by atoms with van der Waals surface area (Å²) in [6.07, 6.45) is 3.77. The van der Waals surface area contributed by atoms with Crippen LogP contribution >= 0.6 is 12.4 Å². The van der Waals surface area contributed by atoms with Crippen LogP contribution in [0.4, 0.5) is 0 Å². The normalized spacial score (nSPS) is 13.3. The maximum absolute atomic E-state index is 5.82. The molecule has 2 rings (SSSR count). The third-order valence-electron chi connectivity index (χ3n) is 3.64. The van der Waals surface area contributed by atoms with Gasteiger partial charge in [0.05, 0.1) is 0 Å². The Bertz CT molecular complexity index is 364. The van der Waals surface area contributed by atoms with Crippen LogP contribution in [0.15, 0.2) is 18.2 Å². The van der Waals surface area contributed by atoms with Crippen LogP contribution in [0, 0.1) is 0 Å². The Morgan fingerprint density at radius 1 is 1.11 bits per heavy atom. The zero-order valence-electron chi connectivity index (χ0n) is 11.4. The smallest absolute Gasteiger partial charge is 0.119 e. The summed E-state index contributed by atoms with van der Waals surface area (Å²) in [7, 11) is 0. The molecule has 102 valence electrons. The van der Waals surface area contributed by atoms with E-state index in [1.807, 2.05) is 0 Å². The highest BCUT2D eigenvalue weighted by Gasteiger charge is 2.11. The molecule has 0 saturated heterocycles. The fourth-order valence-corrected chi connectivity index (χ4v) is 2.47. The Morgan fingerprint density at radius 2 is 1.83 bits per heavy atom. The van der Waals surface area contributed by atoms with Crippen LogP contribution in [0.1, 0.15) is 31.4 Å². The van der Waals surface area contributed by atoms with Crippen LogP contribution in [0.2, 0.25) is 0 Å². The molecule has 0 spiro atoms. The Kier molecular flexibility index (Phi) is 6.51. The molecule has 2 nitrogen and oxygen atoms in total. The standard InChI is InChI=1S/C15H23NO.ClH/c1-3-16(4-2)10-11-17-15-9-8-13-6-5-7-14(13)12-15;/h8-9,12H,3-7,10-11H2,1-2H3;1H. The average molecular weight is 270 g/mol. The van der Waals surface area contributed by atoms with Crippen LogP contribution in [0.25, 0.3) is 0 Å². The van der Waals surface area contributed by atoms with E-state index in [9.17, 15) is 0 Å². The van der Waals surface area contributed by atoms with Crippen molar-refractivity contribution in [1.82, 2.24) is 4.90 Å². The van der Waals surface area contributed by atoms with Gasteiger partial charge in [0, 0.05) is 6.54 Å². The largest absolute Gasteiger partial charge is 0.492 e. The number of rotatable bonds is 6. The van der Waals surface area contributed by atoms with E-state index in [-0.39, 0.29) is 12.4 Å². The Balaban J connectivity index is 0.00000162. The third-order valence-corrected chi connectivity index (χ3v) is 3.64. The molecule has 1 aliphatic rings. The zero-order chi connectivity index (χ0) is 12.1. The second-order valence-corrected chi connectivity index (χ2v) is 4.66. The zero-order valence-corrected chi connectivity index (χ0v) is 12.3. The molecule has 0 amide bonds. The predicted octanol–water partition coefficient (Wildman–Crippen LogP) is 3.32. The number of likely N-dealkylation sites (N-methyl/N-ethyl adjacent to an activating group) is 1. The molecule has 0 unspecified atom stereocenters. The van der Waals surface area contributed by atoms with E-state index in [1.165, 1.54) is 30.4 Å². The lowest BCUT2D eigenvalue weighted by Gasteiger charge is -2.18. The minimum atomic E-state index is 0. The fraction of sp³-hybridized carbons (Fsp3) is 0.600. The first-order valence-electron chi connectivity index (χ1n) is 6.80. The maximum Gasteiger partial charge on any atom is 0.119 e. The molecule has 0 fully saturated rings. The monoisotopic (exact) mass is 269 g/mol. The minimum absolute atomic E-state index is 0. The summed E-state index contributed by atoms with van der Waals surface area (Å²) in [5, 5.41) is 0. The van der Waals surface area contributed by atoms with Crippen LogP contribution in [0.5, 0.6) is 5.75 Å². The Labute approximate surface area is 117 Å². The van der Waals surface area contributed by atoms with Gasteiger partial charge in [-0.1, -0.05) is 19.9 Å². The van der Waals surface area contributed by atoms with Gasteiger partial charge in [0.1, 0.15) is 12.4 Å². The van der Waals surface area contributed by atoms with E-state index in [1.54, 1.807) is 0 Å². The van der Waals surface area contributed by atoms with Crippen molar-refractivity contribution in [2.24, 2.45) is 0 Å². The molecule has 3 heteroatoms. The molecule has 0 aliphatic heterocycles. The van der Waals surface area contributed by atoms with Gasteiger partial charge in [0.2, 0.25) is 0 Å². The van der Waals surface area contributed by atoms with Crippen LogP contribution in [-0.4, -0.2) is 31.1 Å². The summed E-state index contributed by atoms with van der Waals surface area (Å²) in [6.45, 7) is 8.40. The van der Waals surface area contributed by atoms with Crippen molar-refractivity contribution in [3.05, 3.63) is 29.3 Å². The molecular weight excluding hydrogens is 246 g/mol. The molecule has 0 bridgehead atoms. The number of halogens is 1. The SMILES string of the molecule is CCN(CC)CCOc1ccc2c(c1)CCC2.Cl. The first-order chi connectivity index (χ1) is 8.33. The van der Waals surface area contributed by atoms with E-state index in [4.69, 9.17) is 4.74 Å². The molecule has 0 saturated carbocycles. The predicted molar refractivity (Wildman–Crippen MR) is 79.0 cm³/mol. The number of fused-ring (bicyclic) bond motifs is 1. The van der Waals surface area contributed by atoms with E-state index in [2.05, 4.69) is 36.9 Å². The van der Waals surface area contributed by atoms with Crippen molar-refractivity contribution in [1.29, 1.82) is 0 Å². The second kappa shape index (κ2) is 7.65. The molecule has 1 aromatic rings. The van der Waals surface area contributed by atoms with Gasteiger partial charge in [0.25, 0.3) is 0 Å². The fourth-order valence-electron chi connectivity index (χ4n) is 2.47. The molecule has 1 aliphatic carbocycles. The molecule has 0 radical (unpaired) electrons. The van der Waals surface area contributed by atoms with Crippen molar-refractivity contribution in [3.8, 4) is 5.75 Å². The number of hydrogen-bond donors (Lipinski definition) is 0. The van der Waals surface area contributed by atoms with Crippen molar-refractivity contribution in [3.63, 3.8) is 0 Å². The van der Waals surface area contributed by atoms with Gasteiger partial charge < -0.3 is 9.64 Å². The lowest BCUT2D eigenvalue weighted by atomic mass is 10.1. The maximum atomic E-state index is 5.82. The van der Waals surface area contributed by atoms with Gasteiger partial charge in [-0.15, -0.1) is 12.4 Å². The number of aryl methyl sites for hydroxylation is 2. The summed E-state index contributed by atoms with van der Waals surface area (Å²) in [6, 6.07) is 6.58. The van der Waals surface area contributed by atoms with Gasteiger partial charge in [-0.25, -0.2) is 0 Å². The van der Waals surface area contributed by atoms with Crippen molar-refractivity contribution in [2.45, 2.75) is 33.1 Å². The van der Waals surface area contributed by atoms with E-state index < -0.39 is 0 Å². The van der Waals surface area contributed by atoms with Crippen molar-refractivity contribution in [2.75, 3.05) is 26.2 Å². The van der Waals surface area contributed by atoms with Crippen LogP contribution in [0.3, 0.4) is 0 Å². The summed E-state index contributed by atoms with van der Waals surface area (Å²) in [4.78, 5) is 2.38. The van der Waals surface area contributed by atoms with E-state index in [0.717, 1.165) is 32.0 Å². The van der Waals surface area contributed by atoms with Crippen molar-refractivity contribution < 1.29 is 4.74 Å². The molecule has 0 heterocycles. The van der Waals surface area contributed by atoms with Crippen molar-refractivity contribution >= 4 is 12.4 Å². The van der Waals surface area contributed by atoms with Gasteiger partial charge in [-0.2, -0.15) is 0 Å². The Hall–Kier alpha value is -0.730. The quantitative estimate of drug-likeness (QED) is 0.786. The number of hydrogen-bond acceptors (Lipinski definition) is 2. The van der Waals surface area contributed by atoms with E-state index in [0.29, 0.717) is 0 Å². The minimum Gasteiger partial charge on any atom is -0.492 e.